The minimum Gasteiger partial charge on any atom is -0.375 e. The number of hydrogen-bond donors (Lipinski definition) is 0. The SMILES string of the molecule is C1=C(C2CCC3C(C2)C2CCCCC2N3C2CCCCC2)CCC2C1C1CC(C3CCC4C(C3)C3CCCCC3N4C3CCCCC3)CCC1N2C1CCC(OC2CCCCC2)CC1. The van der Waals surface area contributed by atoms with Crippen LogP contribution in [-0.2, 0) is 4.74 Å². The molecule has 3 aliphatic heterocycles. The Labute approximate surface area is 393 Å². The fourth-order valence-corrected chi connectivity index (χ4v) is 21.4. The van der Waals surface area contributed by atoms with E-state index in [2.05, 4.69) is 20.8 Å². The van der Waals surface area contributed by atoms with Crippen LogP contribution in [0, 0.1) is 53.3 Å². The molecule has 0 aromatic heterocycles. The van der Waals surface area contributed by atoms with Gasteiger partial charge >= 0.3 is 0 Å². The molecule has 0 bridgehead atoms. The molecule has 15 atom stereocenters. The molecular weight excluding hydrogens is 779 g/mol. The summed E-state index contributed by atoms with van der Waals surface area (Å²) in [5.41, 5.74) is 2.01. The van der Waals surface area contributed by atoms with Gasteiger partial charge in [-0.25, -0.2) is 0 Å². The Balaban J connectivity index is 0.737. The fraction of sp³-hybridized carbons (Fsp3) is 0.967. The third-order valence-electron chi connectivity index (χ3n) is 23.9. The first-order chi connectivity index (χ1) is 31.7. The molecule has 0 spiro atoms. The van der Waals surface area contributed by atoms with E-state index in [4.69, 9.17) is 4.74 Å². The van der Waals surface area contributed by atoms with Gasteiger partial charge in [-0.2, -0.15) is 0 Å². The monoisotopic (exact) mass is 876 g/mol. The molecule has 3 heterocycles. The van der Waals surface area contributed by atoms with Crippen molar-refractivity contribution in [2.24, 2.45) is 53.3 Å². The third kappa shape index (κ3) is 8.05. The molecule has 0 aromatic carbocycles. The molecular formula is C60H97N3O. The van der Waals surface area contributed by atoms with E-state index >= 15 is 0 Å². The van der Waals surface area contributed by atoms with Crippen molar-refractivity contribution in [3.63, 3.8) is 0 Å². The lowest BCUT2D eigenvalue weighted by Gasteiger charge is -2.47. The van der Waals surface area contributed by atoms with Gasteiger partial charge in [0.1, 0.15) is 0 Å². The number of fused-ring (bicyclic) bond motifs is 9. The lowest BCUT2D eigenvalue weighted by Crippen LogP contribution is -2.50. The smallest absolute Gasteiger partial charge is 0.0580 e. The highest BCUT2D eigenvalue weighted by Crippen LogP contribution is 2.59. The molecule has 0 N–H and O–H groups in total. The number of likely N-dealkylation sites (tertiary alicyclic amines) is 3. The maximum Gasteiger partial charge on any atom is 0.0580 e. The van der Waals surface area contributed by atoms with E-state index in [9.17, 15) is 0 Å². The molecule has 0 amide bonds. The molecule has 0 radical (unpaired) electrons. The molecule has 13 rings (SSSR count). The molecule has 10 aliphatic carbocycles. The molecule has 3 saturated heterocycles. The van der Waals surface area contributed by atoms with Gasteiger partial charge in [-0.3, -0.25) is 14.7 Å². The van der Waals surface area contributed by atoms with Crippen molar-refractivity contribution in [2.75, 3.05) is 0 Å². The van der Waals surface area contributed by atoms with Gasteiger partial charge < -0.3 is 4.74 Å². The Bertz CT molecular complexity index is 1580. The standard InChI is InChI=1S/C60H97N3O/c1-4-14-44(15-5-1)61-55-22-12-10-20-49(55)51-36-40(24-32-57(51)61)42-26-34-59-53(38-42)54-39-43(27-35-60(54)63(59)46-28-30-48(31-29-46)64-47-18-8-3-9-19-47)41-25-33-58-52(37-41)50-21-11-13-23-56(50)62(58)45-16-6-2-7-17-45/h38,40-41,43-60H,1-37,39H2. The van der Waals surface area contributed by atoms with E-state index < -0.39 is 0 Å². The number of nitrogens with zero attached hydrogens (tertiary/aromatic N) is 3. The largest absolute Gasteiger partial charge is 0.375 e. The summed E-state index contributed by atoms with van der Waals surface area (Å²) in [7, 11) is 0. The zero-order chi connectivity index (χ0) is 42.1. The summed E-state index contributed by atoms with van der Waals surface area (Å²) in [6.45, 7) is 0. The zero-order valence-corrected chi connectivity index (χ0v) is 41.2. The molecule has 4 nitrogen and oxygen atoms in total. The Morgan fingerprint density at radius 2 is 0.781 bits per heavy atom. The van der Waals surface area contributed by atoms with Crippen LogP contribution in [0.2, 0.25) is 0 Å². The minimum absolute atomic E-state index is 0.550. The van der Waals surface area contributed by atoms with Gasteiger partial charge in [0.25, 0.3) is 0 Å². The van der Waals surface area contributed by atoms with Crippen LogP contribution in [0.5, 0.6) is 0 Å². The predicted molar refractivity (Wildman–Crippen MR) is 263 cm³/mol. The second-order valence-electron chi connectivity index (χ2n) is 26.6. The van der Waals surface area contributed by atoms with Crippen molar-refractivity contribution in [3.8, 4) is 0 Å². The molecule has 64 heavy (non-hydrogen) atoms. The van der Waals surface area contributed by atoms with E-state index in [0.717, 1.165) is 108 Å². The van der Waals surface area contributed by atoms with Gasteiger partial charge in [-0.05, 0) is 214 Å². The van der Waals surface area contributed by atoms with E-state index in [0.29, 0.717) is 12.2 Å². The van der Waals surface area contributed by atoms with Gasteiger partial charge in [0.05, 0.1) is 12.2 Å². The first-order valence-electron chi connectivity index (χ1n) is 30.4. The summed E-state index contributed by atoms with van der Waals surface area (Å²) in [6.07, 6.45) is 61.0. The van der Waals surface area contributed by atoms with Crippen LogP contribution in [0.4, 0.5) is 0 Å². The highest BCUT2D eigenvalue weighted by Gasteiger charge is 2.58. The fourth-order valence-electron chi connectivity index (χ4n) is 21.4. The second-order valence-corrected chi connectivity index (χ2v) is 26.6. The molecule has 0 aromatic rings. The van der Waals surface area contributed by atoms with Crippen molar-refractivity contribution in [1.29, 1.82) is 0 Å². The quantitative estimate of drug-likeness (QED) is 0.237. The highest BCUT2D eigenvalue weighted by atomic mass is 16.5. The first-order valence-corrected chi connectivity index (χ1v) is 30.4. The molecule has 15 unspecified atom stereocenters. The third-order valence-corrected chi connectivity index (χ3v) is 23.9. The maximum absolute atomic E-state index is 6.89. The molecule has 9 saturated carbocycles. The predicted octanol–water partition coefficient (Wildman–Crippen LogP) is 14.4. The number of allylic oxidation sites excluding steroid dienone is 1. The topological polar surface area (TPSA) is 19.0 Å². The van der Waals surface area contributed by atoms with Crippen LogP contribution in [0.25, 0.3) is 0 Å². The normalized spacial score (nSPS) is 49.0. The zero-order valence-electron chi connectivity index (χ0n) is 41.2. The Morgan fingerprint density at radius 3 is 1.41 bits per heavy atom. The van der Waals surface area contributed by atoms with Crippen LogP contribution >= 0.6 is 0 Å². The van der Waals surface area contributed by atoms with Gasteiger partial charge in [0.15, 0.2) is 0 Å². The van der Waals surface area contributed by atoms with Crippen molar-refractivity contribution < 1.29 is 4.74 Å². The Morgan fingerprint density at radius 1 is 0.328 bits per heavy atom. The van der Waals surface area contributed by atoms with Crippen molar-refractivity contribution >= 4 is 0 Å². The maximum atomic E-state index is 6.89. The molecule has 4 heteroatoms. The second kappa shape index (κ2) is 19.1. The van der Waals surface area contributed by atoms with Crippen molar-refractivity contribution in [3.05, 3.63) is 11.6 Å². The molecule has 12 fully saturated rings. The summed E-state index contributed by atoms with van der Waals surface area (Å²) in [6, 6.07) is 8.18. The minimum atomic E-state index is 0.550. The molecule has 13 aliphatic rings. The lowest BCUT2D eigenvalue weighted by molar-refractivity contribution is -0.0607. The van der Waals surface area contributed by atoms with Crippen LogP contribution in [0.15, 0.2) is 11.6 Å². The molecule has 358 valence electrons. The van der Waals surface area contributed by atoms with Gasteiger partial charge in [0, 0.05) is 54.4 Å². The van der Waals surface area contributed by atoms with Crippen LogP contribution in [0.3, 0.4) is 0 Å². The van der Waals surface area contributed by atoms with Crippen molar-refractivity contribution in [1.82, 2.24) is 14.7 Å². The van der Waals surface area contributed by atoms with Crippen molar-refractivity contribution in [2.45, 2.75) is 311 Å². The number of hydrogen-bond acceptors (Lipinski definition) is 4. The van der Waals surface area contributed by atoms with Crippen LogP contribution in [0.1, 0.15) is 244 Å². The van der Waals surface area contributed by atoms with Gasteiger partial charge in [-0.15, -0.1) is 0 Å². The van der Waals surface area contributed by atoms with Gasteiger partial charge in [0.2, 0.25) is 0 Å². The Hall–Kier alpha value is -0.420. The summed E-state index contributed by atoms with van der Waals surface area (Å²) in [5, 5.41) is 0. The lowest BCUT2D eigenvalue weighted by atomic mass is 9.62. The summed E-state index contributed by atoms with van der Waals surface area (Å²) in [5.74, 6) is 8.83. The Kier molecular flexibility index (Phi) is 13.0. The summed E-state index contributed by atoms with van der Waals surface area (Å²) < 4.78 is 6.89. The summed E-state index contributed by atoms with van der Waals surface area (Å²) in [4.78, 5) is 9.89. The van der Waals surface area contributed by atoms with Crippen LogP contribution < -0.4 is 0 Å². The van der Waals surface area contributed by atoms with Gasteiger partial charge in [-0.1, -0.05) is 95.1 Å². The van der Waals surface area contributed by atoms with E-state index in [1.165, 1.54) is 193 Å². The number of ether oxygens (including phenoxy) is 1. The highest BCUT2D eigenvalue weighted by molar-refractivity contribution is 5.23. The van der Waals surface area contributed by atoms with E-state index in [-0.39, 0.29) is 0 Å². The average molecular weight is 876 g/mol. The number of rotatable bonds is 7. The first kappa shape index (κ1) is 43.6. The van der Waals surface area contributed by atoms with E-state index in [1.807, 2.05) is 5.57 Å². The van der Waals surface area contributed by atoms with E-state index in [1.54, 1.807) is 51.4 Å². The summed E-state index contributed by atoms with van der Waals surface area (Å²) >= 11 is 0. The van der Waals surface area contributed by atoms with Crippen LogP contribution in [-0.4, -0.2) is 81.3 Å². The average Bonchev–Trinajstić information content (AvgIpc) is 4.00.